The summed E-state index contributed by atoms with van der Waals surface area (Å²) >= 11 is 0. The lowest BCUT2D eigenvalue weighted by atomic mass is 9.87. The quantitative estimate of drug-likeness (QED) is 0.0468. The number of carbonyl (C=O) groups is 1. The molecule has 0 N–H and O–H groups in total. The number of unbranched alkanes of at least 4 members (excludes halogenated alkanes) is 7. The monoisotopic (exact) mass is 628 g/mol. The number of allylic oxidation sites excluding steroid dienone is 2. The Balaban J connectivity index is 3.07. The normalized spacial score (nSPS) is 16.3. The molecule has 0 fully saturated rings. The van der Waals surface area contributed by atoms with Crippen molar-refractivity contribution < 1.29 is 18.7 Å². The van der Waals surface area contributed by atoms with E-state index < -0.39 is 8.32 Å². The van der Waals surface area contributed by atoms with Gasteiger partial charge in [0.05, 0.1) is 25.9 Å². The lowest BCUT2D eigenvalue weighted by Crippen LogP contribution is -2.42. The molecule has 5 heteroatoms. The minimum absolute atomic E-state index is 0.117. The molecule has 1 aromatic carbocycles. The largest absolute Gasteiger partial charge is 0.497 e. The molecule has 0 saturated carbocycles. The molecule has 0 saturated heterocycles. The van der Waals surface area contributed by atoms with Crippen LogP contribution in [0.1, 0.15) is 126 Å². The smallest absolute Gasteiger partial charge is 0.192 e. The molecule has 0 aliphatic rings. The van der Waals surface area contributed by atoms with E-state index in [0.717, 1.165) is 41.3 Å². The summed E-state index contributed by atoms with van der Waals surface area (Å²) < 4.78 is 18.9. The van der Waals surface area contributed by atoms with Gasteiger partial charge in [-0.2, -0.15) is 0 Å². The van der Waals surface area contributed by atoms with Crippen LogP contribution in [0.2, 0.25) is 18.1 Å². The molecule has 5 atom stereocenters. The second kappa shape index (κ2) is 22.8. The summed E-state index contributed by atoms with van der Waals surface area (Å²) in [5, 5.41) is 0. The van der Waals surface area contributed by atoms with Gasteiger partial charge in [-0.25, -0.2) is 0 Å². The number of ether oxygens (including phenoxy) is 2. The Kier molecular flexibility index (Phi) is 20.9. The van der Waals surface area contributed by atoms with E-state index >= 15 is 0 Å². The van der Waals surface area contributed by atoms with Crippen LogP contribution in [0.4, 0.5) is 0 Å². The van der Waals surface area contributed by atoms with Crippen molar-refractivity contribution in [2.75, 3.05) is 7.11 Å². The number of methoxy groups -OCH3 is 1. The van der Waals surface area contributed by atoms with Crippen LogP contribution < -0.4 is 4.74 Å². The average molecular weight is 629 g/mol. The van der Waals surface area contributed by atoms with Crippen molar-refractivity contribution in [2.24, 2.45) is 17.8 Å². The predicted molar refractivity (Wildman–Crippen MR) is 192 cm³/mol. The summed E-state index contributed by atoms with van der Waals surface area (Å²) in [6, 6.07) is 11.4. The van der Waals surface area contributed by atoms with Crippen LogP contribution in [-0.2, 0) is 20.6 Å². The van der Waals surface area contributed by atoms with Gasteiger partial charge in [-0.3, -0.25) is 0 Å². The van der Waals surface area contributed by atoms with Gasteiger partial charge in [0.2, 0.25) is 0 Å². The zero-order valence-corrected chi connectivity index (χ0v) is 31.3. The van der Waals surface area contributed by atoms with Crippen molar-refractivity contribution in [1.82, 2.24) is 0 Å². The number of rotatable bonds is 25. The Hall–Kier alpha value is -1.69. The fourth-order valence-corrected chi connectivity index (χ4v) is 9.41. The van der Waals surface area contributed by atoms with Gasteiger partial charge >= 0.3 is 0 Å². The second-order valence-corrected chi connectivity index (χ2v) is 18.0. The van der Waals surface area contributed by atoms with E-state index in [4.69, 9.17) is 13.9 Å². The lowest BCUT2D eigenvalue weighted by molar-refractivity contribution is -0.112. The zero-order valence-electron chi connectivity index (χ0n) is 30.3. The molecule has 252 valence electrons. The number of hydrogen-bond donors (Lipinski definition) is 0. The number of aldehydes is 1. The third-order valence-corrected chi connectivity index (χ3v) is 14.2. The highest BCUT2D eigenvalue weighted by molar-refractivity contribution is 6.73. The van der Waals surface area contributed by atoms with E-state index in [1.54, 1.807) is 7.11 Å². The minimum Gasteiger partial charge on any atom is -0.497 e. The van der Waals surface area contributed by atoms with E-state index in [1.807, 2.05) is 19.1 Å². The Morgan fingerprint density at radius 2 is 1.39 bits per heavy atom. The van der Waals surface area contributed by atoms with E-state index in [2.05, 4.69) is 79.7 Å². The molecule has 0 spiro atoms. The van der Waals surface area contributed by atoms with Gasteiger partial charge in [-0.15, -0.1) is 0 Å². The zero-order chi connectivity index (χ0) is 33.0. The molecule has 0 aromatic heterocycles. The Bertz CT molecular complexity index is 941. The highest BCUT2D eigenvalue weighted by atomic mass is 28.4. The van der Waals surface area contributed by atoms with Gasteiger partial charge in [0.25, 0.3) is 0 Å². The molecule has 4 nitrogen and oxygen atoms in total. The van der Waals surface area contributed by atoms with Crippen LogP contribution in [0, 0.1) is 17.8 Å². The van der Waals surface area contributed by atoms with Gasteiger partial charge < -0.3 is 18.7 Å². The van der Waals surface area contributed by atoms with E-state index in [-0.39, 0.29) is 24.0 Å². The third kappa shape index (κ3) is 14.6. The summed E-state index contributed by atoms with van der Waals surface area (Å²) in [7, 11) is -0.163. The first-order valence-corrected chi connectivity index (χ1v) is 20.4. The van der Waals surface area contributed by atoms with Crippen molar-refractivity contribution in [3.63, 3.8) is 0 Å². The Morgan fingerprint density at radius 1 is 0.818 bits per heavy atom. The van der Waals surface area contributed by atoms with Gasteiger partial charge in [0.1, 0.15) is 12.0 Å². The van der Waals surface area contributed by atoms with E-state index in [1.165, 1.54) is 63.4 Å². The summed E-state index contributed by atoms with van der Waals surface area (Å²) in [6.45, 7) is 20.6. The first kappa shape index (κ1) is 40.3. The van der Waals surface area contributed by atoms with Crippen molar-refractivity contribution in [1.29, 1.82) is 0 Å². The highest BCUT2D eigenvalue weighted by Crippen LogP contribution is 2.30. The molecule has 0 radical (unpaired) electrons. The van der Waals surface area contributed by atoms with Gasteiger partial charge in [-0.1, -0.05) is 130 Å². The second-order valence-electron chi connectivity index (χ2n) is 13.3. The number of carbonyl (C=O) groups excluding carboxylic acids is 1. The summed E-state index contributed by atoms with van der Waals surface area (Å²) in [5.74, 6) is 1.40. The summed E-state index contributed by atoms with van der Waals surface area (Å²) in [5.41, 5.74) is 3.51. The van der Waals surface area contributed by atoms with E-state index in [9.17, 15) is 4.79 Å². The van der Waals surface area contributed by atoms with Crippen molar-refractivity contribution >= 4 is 14.6 Å². The molecule has 44 heavy (non-hydrogen) atoms. The standard InChI is InChI=1S/C39H68O4Si/c1-11-15-16-17-18-19-20-21-22-32(6)38(42-30-36-23-25-37(41-10)26-24-36)33(7)27-31(5)28-34(8)39(35(9)29-40)43-44(12-2,13-3)14-4/h23-29,32-33,35,38-39H,11-22,30H2,1-10H3/b31-27+,34-28+/t32-,33+,35+,38+,39+/m0/s1. The lowest BCUT2D eigenvalue weighted by Gasteiger charge is -2.35. The topological polar surface area (TPSA) is 44.8 Å². The SMILES string of the molecule is CCCCCCCCCC[C@H](C)[C@@H](OCc1ccc(OC)cc1)[C@H](C)/C=C(C)/C=C(\C)[C@@H](O[Si](CC)(CC)CC)[C@H](C)C=O. The summed E-state index contributed by atoms with van der Waals surface area (Å²) in [6.07, 6.45) is 17.5. The van der Waals surface area contributed by atoms with Crippen molar-refractivity contribution in [2.45, 2.75) is 157 Å². The maximum atomic E-state index is 11.9. The molecular weight excluding hydrogens is 561 g/mol. The first-order chi connectivity index (χ1) is 21.1. The van der Waals surface area contributed by atoms with Crippen LogP contribution >= 0.6 is 0 Å². The van der Waals surface area contributed by atoms with Crippen LogP contribution in [0.5, 0.6) is 5.75 Å². The van der Waals surface area contributed by atoms with Gasteiger partial charge in [0.15, 0.2) is 8.32 Å². The van der Waals surface area contributed by atoms with Crippen molar-refractivity contribution in [3.8, 4) is 5.75 Å². The van der Waals surface area contributed by atoms with Crippen LogP contribution in [0.3, 0.4) is 0 Å². The fourth-order valence-electron chi connectivity index (χ4n) is 6.47. The maximum absolute atomic E-state index is 11.9. The molecule has 1 aromatic rings. The van der Waals surface area contributed by atoms with E-state index in [0.29, 0.717) is 12.5 Å². The van der Waals surface area contributed by atoms with Gasteiger partial charge in [0, 0.05) is 11.8 Å². The van der Waals surface area contributed by atoms with Crippen LogP contribution in [0.25, 0.3) is 0 Å². The average Bonchev–Trinajstić information content (AvgIpc) is 3.03. The van der Waals surface area contributed by atoms with Gasteiger partial charge in [-0.05, 0) is 67.6 Å². The molecule has 0 unspecified atom stereocenters. The molecule has 0 heterocycles. The third-order valence-electron chi connectivity index (χ3n) is 9.63. The number of benzene rings is 1. The fraction of sp³-hybridized carbons (Fsp3) is 0.718. The minimum atomic E-state index is -1.86. The molecule has 0 amide bonds. The van der Waals surface area contributed by atoms with Crippen LogP contribution in [0.15, 0.2) is 47.6 Å². The first-order valence-electron chi connectivity index (χ1n) is 17.8. The summed E-state index contributed by atoms with van der Waals surface area (Å²) in [4.78, 5) is 11.9. The Labute approximate surface area is 273 Å². The van der Waals surface area contributed by atoms with Crippen molar-refractivity contribution in [3.05, 3.63) is 53.1 Å². The molecule has 1 rings (SSSR count). The number of hydrogen-bond acceptors (Lipinski definition) is 4. The molecular formula is C39H68O4Si. The molecule has 0 bridgehead atoms. The highest BCUT2D eigenvalue weighted by Gasteiger charge is 2.34. The molecule has 0 aliphatic carbocycles. The van der Waals surface area contributed by atoms with Crippen LogP contribution in [-0.4, -0.2) is 33.9 Å². The predicted octanol–water partition coefficient (Wildman–Crippen LogP) is 11.5. The molecule has 0 aliphatic heterocycles. The Morgan fingerprint density at radius 3 is 1.91 bits per heavy atom. The maximum Gasteiger partial charge on any atom is 0.192 e.